The molecule has 2 N–H and O–H groups in total. The SMILES string of the molecule is COc1ccc2cc(C(=O)NC3CNCCC3C)c(C)nc2c1. The first-order chi connectivity index (χ1) is 11.1. The van der Waals surface area contributed by atoms with Crippen molar-refractivity contribution in [1.29, 1.82) is 0 Å². The number of nitrogens with one attached hydrogen (secondary N) is 2. The molecule has 0 spiro atoms. The molecule has 2 unspecified atom stereocenters. The molecule has 1 fully saturated rings. The fourth-order valence-corrected chi connectivity index (χ4v) is 3.03. The van der Waals surface area contributed by atoms with Crippen molar-refractivity contribution < 1.29 is 9.53 Å². The summed E-state index contributed by atoms with van der Waals surface area (Å²) in [6, 6.07) is 7.78. The lowest BCUT2D eigenvalue weighted by molar-refractivity contribution is 0.0914. The fourth-order valence-electron chi connectivity index (χ4n) is 3.03. The topological polar surface area (TPSA) is 63.2 Å². The molecule has 23 heavy (non-hydrogen) atoms. The third-order valence-electron chi connectivity index (χ3n) is 4.60. The Bertz CT molecular complexity index is 730. The van der Waals surface area contributed by atoms with Gasteiger partial charge >= 0.3 is 0 Å². The lowest BCUT2D eigenvalue weighted by Crippen LogP contribution is -2.50. The summed E-state index contributed by atoms with van der Waals surface area (Å²) in [6.07, 6.45) is 1.08. The maximum atomic E-state index is 12.6. The Morgan fingerprint density at radius 2 is 2.22 bits per heavy atom. The molecule has 3 rings (SSSR count). The number of hydrogen-bond acceptors (Lipinski definition) is 4. The minimum absolute atomic E-state index is 0.0479. The number of carbonyl (C=O) groups is 1. The molecular formula is C18H23N3O2. The average molecular weight is 313 g/mol. The molecule has 5 nitrogen and oxygen atoms in total. The minimum Gasteiger partial charge on any atom is -0.497 e. The molecule has 2 heterocycles. The van der Waals surface area contributed by atoms with Gasteiger partial charge in [-0.2, -0.15) is 0 Å². The summed E-state index contributed by atoms with van der Waals surface area (Å²) < 4.78 is 5.23. The summed E-state index contributed by atoms with van der Waals surface area (Å²) >= 11 is 0. The molecule has 1 aliphatic rings. The van der Waals surface area contributed by atoms with Gasteiger partial charge in [0.15, 0.2) is 0 Å². The van der Waals surface area contributed by atoms with Crippen molar-refractivity contribution in [2.75, 3.05) is 20.2 Å². The Hall–Kier alpha value is -2.14. The third-order valence-corrected chi connectivity index (χ3v) is 4.60. The van der Waals surface area contributed by atoms with Gasteiger partial charge in [-0.1, -0.05) is 6.92 Å². The highest BCUT2D eigenvalue weighted by atomic mass is 16.5. The number of fused-ring (bicyclic) bond motifs is 1. The van der Waals surface area contributed by atoms with Crippen molar-refractivity contribution >= 4 is 16.8 Å². The Balaban J connectivity index is 1.86. The van der Waals surface area contributed by atoms with E-state index in [4.69, 9.17) is 4.74 Å². The number of piperidine rings is 1. The van der Waals surface area contributed by atoms with Crippen molar-refractivity contribution in [1.82, 2.24) is 15.6 Å². The summed E-state index contributed by atoms with van der Waals surface area (Å²) in [5, 5.41) is 7.42. The average Bonchev–Trinajstić information content (AvgIpc) is 2.55. The number of ether oxygens (including phenoxy) is 1. The molecular weight excluding hydrogens is 290 g/mol. The lowest BCUT2D eigenvalue weighted by atomic mass is 9.94. The molecule has 2 atom stereocenters. The van der Waals surface area contributed by atoms with Crippen LogP contribution in [-0.4, -0.2) is 37.1 Å². The first kappa shape index (κ1) is 15.7. The van der Waals surface area contributed by atoms with Crippen molar-refractivity contribution in [3.8, 4) is 5.75 Å². The Labute approximate surface area is 136 Å². The van der Waals surface area contributed by atoms with Gasteiger partial charge in [-0.05, 0) is 44.0 Å². The van der Waals surface area contributed by atoms with Gasteiger partial charge < -0.3 is 15.4 Å². The number of methoxy groups -OCH3 is 1. The highest BCUT2D eigenvalue weighted by molar-refractivity contribution is 5.99. The van der Waals surface area contributed by atoms with Crippen LogP contribution in [0.4, 0.5) is 0 Å². The van der Waals surface area contributed by atoms with Gasteiger partial charge in [-0.25, -0.2) is 0 Å². The van der Waals surface area contributed by atoms with E-state index >= 15 is 0 Å². The summed E-state index contributed by atoms with van der Waals surface area (Å²) in [5.41, 5.74) is 2.21. The maximum absolute atomic E-state index is 12.6. The Kier molecular flexibility index (Phi) is 4.48. The second-order valence-electron chi connectivity index (χ2n) is 6.23. The van der Waals surface area contributed by atoms with Crippen LogP contribution in [0.5, 0.6) is 5.75 Å². The third kappa shape index (κ3) is 3.29. The molecule has 0 radical (unpaired) electrons. The van der Waals surface area contributed by atoms with Gasteiger partial charge in [0.1, 0.15) is 5.75 Å². The molecule has 1 saturated heterocycles. The summed E-state index contributed by atoms with van der Waals surface area (Å²) in [7, 11) is 1.63. The smallest absolute Gasteiger partial charge is 0.253 e. The number of benzene rings is 1. The zero-order chi connectivity index (χ0) is 16.4. The Morgan fingerprint density at radius 1 is 1.39 bits per heavy atom. The normalized spacial score (nSPS) is 21.2. The van der Waals surface area contributed by atoms with Crippen LogP contribution in [-0.2, 0) is 0 Å². The zero-order valence-corrected chi connectivity index (χ0v) is 13.8. The zero-order valence-electron chi connectivity index (χ0n) is 13.8. The van der Waals surface area contributed by atoms with E-state index in [2.05, 4.69) is 22.5 Å². The number of hydrogen-bond donors (Lipinski definition) is 2. The second kappa shape index (κ2) is 6.54. The molecule has 1 aromatic carbocycles. The largest absolute Gasteiger partial charge is 0.497 e. The molecule has 0 aliphatic carbocycles. The van der Waals surface area contributed by atoms with E-state index in [1.54, 1.807) is 7.11 Å². The first-order valence-corrected chi connectivity index (χ1v) is 8.05. The molecule has 122 valence electrons. The quantitative estimate of drug-likeness (QED) is 0.912. The predicted molar refractivity (Wildman–Crippen MR) is 90.9 cm³/mol. The fraction of sp³-hybridized carbons (Fsp3) is 0.444. The molecule has 1 aliphatic heterocycles. The van der Waals surface area contributed by atoms with Crippen LogP contribution < -0.4 is 15.4 Å². The van der Waals surface area contributed by atoms with E-state index in [-0.39, 0.29) is 11.9 Å². The van der Waals surface area contributed by atoms with Gasteiger partial charge in [0.2, 0.25) is 0 Å². The molecule has 0 saturated carbocycles. The number of nitrogens with zero attached hydrogens (tertiary/aromatic N) is 1. The van der Waals surface area contributed by atoms with Gasteiger partial charge in [0.25, 0.3) is 5.91 Å². The first-order valence-electron chi connectivity index (χ1n) is 8.05. The summed E-state index contributed by atoms with van der Waals surface area (Å²) in [6.45, 7) is 5.90. The van der Waals surface area contributed by atoms with E-state index in [0.29, 0.717) is 11.5 Å². The van der Waals surface area contributed by atoms with Crippen LogP contribution in [0.2, 0.25) is 0 Å². The number of aryl methyl sites for hydroxylation is 1. The highest BCUT2D eigenvalue weighted by Gasteiger charge is 2.24. The number of amides is 1. The van der Waals surface area contributed by atoms with Gasteiger partial charge in [0, 0.05) is 24.0 Å². The number of aromatic nitrogens is 1. The van der Waals surface area contributed by atoms with Crippen LogP contribution in [0.25, 0.3) is 10.9 Å². The predicted octanol–water partition coefficient (Wildman–Crippen LogP) is 2.28. The molecule has 5 heteroatoms. The van der Waals surface area contributed by atoms with Crippen LogP contribution in [0.15, 0.2) is 24.3 Å². The van der Waals surface area contributed by atoms with Crippen molar-refractivity contribution in [2.24, 2.45) is 5.92 Å². The molecule has 0 bridgehead atoms. The number of rotatable bonds is 3. The van der Waals surface area contributed by atoms with E-state index in [0.717, 1.165) is 41.9 Å². The van der Waals surface area contributed by atoms with Gasteiger partial charge in [0.05, 0.1) is 23.9 Å². The molecule has 1 aromatic heterocycles. The van der Waals surface area contributed by atoms with Gasteiger partial charge in [-0.3, -0.25) is 9.78 Å². The Morgan fingerprint density at radius 3 is 2.96 bits per heavy atom. The summed E-state index contributed by atoms with van der Waals surface area (Å²) in [4.78, 5) is 17.2. The van der Waals surface area contributed by atoms with Crippen LogP contribution in [0, 0.1) is 12.8 Å². The van der Waals surface area contributed by atoms with Gasteiger partial charge in [-0.15, -0.1) is 0 Å². The minimum atomic E-state index is -0.0479. The van der Waals surface area contributed by atoms with E-state index < -0.39 is 0 Å². The van der Waals surface area contributed by atoms with E-state index in [1.807, 2.05) is 31.2 Å². The van der Waals surface area contributed by atoms with Crippen LogP contribution >= 0.6 is 0 Å². The van der Waals surface area contributed by atoms with E-state index in [1.165, 1.54) is 0 Å². The number of carbonyl (C=O) groups excluding carboxylic acids is 1. The van der Waals surface area contributed by atoms with Crippen LogP contribution in [0.3, 0.4) is 0 Å². The van der Waals surface area contributed by atoms with E-state index in [9.17, 15) is 4.79 Å². The van der Waals surface area contributed by atoms with Crippen molar-refractivity contribution in [2.45, 2.75) is 26.3 Å². The lowest BCUT2D eigenvalue weighted by Gasteiger charge is -2.30. The highest BCUT2D eigenvalue weighted by Crippen LogP contribution is 2.22. The number of pyridine rings is 1. The standard InChI is InChI=1S/C18H23N3O2/c1-11-6-7-19-10-17(11)21-18(22)15-8-13-4-5-14(23-3)9-16(13)20-12(15)2/h4-5,8-9,11,17,19H,6-7,10H2,1-3H3,(H,21,22). The molecule has 2 aromatic rings. The van der Waals surface area contributed by atoms with Crippen molar-refractivity contribution in [3.05, 3.63) is 35.5 Å². The van der Waals surface area contributed by atoms with Crippen molar-refractivity contribution in [3.63, 3.8) is 0 Å². The second-order valence-corrected chi connectivity index (χ2v) is 6.23. The maximum Gasteiger partial charge on any atom is 0.253 e. The monoisotopic (exact) mass is 313 g/mol. The van der Waals surface area contributed by atoms with Crippen LogP contribution in [0.1, 0.15) is 29.4 Å². The summed E-state index contributed by atoms with van der Waals surface area (Å²) in [5.74, 6) is 1.20. The molecule has 1 amide bonds.